The molecular formula is C9H12BrNO3. The van der Waals surface area contributed by atoms with Crippen molar-refractivity contribution in [2.75, 3.05) is 0 Å². The van der Waals surface area contributed by atoms with Crippen LogP contribution in [0.25, 0.3) is 0 Å². The lowest BCUT2D eigenvalue weighted by atomic mass is 10.2. The Morgan fingerprint density at radius 3 is 2.50 bits per heavy atom. The molecule has 0 radical (unpaired) electrons. The normalized spacial score (nSPS) is 8.86. The van der Waals surface area contributed by atoms with E-state index in [-0.39, 0.29) is 12.3 Å². The zero-order valence-electron chi connectivity index (χ0n) is 8.03. The smallest absolute Gasteiger partial charge is 0.269 e. The van der Waals surface area contributed by atoms with Crippen molar-refractivity contribution in [1.29, 1.82) is 0 Å². The second-order valence-corrected chi connectivity index (χ2v) is 3.05. The molecule has 14 heavy (non-hydrogen) atoms. The number of hydrogen-bond donors (Lipinski definition) is 1. The van der Waals surface area contributed by atoms with Gasteiger partial charge in [-0.3, -0.25) is 10.1 Å². The molecule has 0 heterocycles. The third kappa shape index (κ3) is 3.43. The average Bonchev–Trinajstić information content (AvgIpc) is 2.21. The fraction of sp³-hybridized carbons (Fsp3) is 0.333. The Kier molecular flexibility index (Phi) is 6.07. The quantitative estimate of drug-likeness (QED) is 0.658. The van der Waals surface area contributed by atoms with E-state index in [1.165, 1.54) is 12.1 Å². The van der Waals surface area contributed by atoms with Crippen molar-refractivity contribution in [2.24, 2.45) is 0 Å². The molecule has 1 N–H and O–H groups in total. The van der Waals surface area contributed by atoms with Crippen LogP contribution in [-0.4, -0.2) is 10.0 Å². The van der Waals surface area contributed by atoms with E-state index in [0.29, 0.717) is 10.0 Å². The molecule has 1 aromatic rings. The molecule has 5 heteroatoms. The van der Waals surface area contributed by atoms with Gasteiger partial charge < -0.3 is 5.11 Å². The van der Waals surface area contributed by atoms with Crippen LogP contribution in [0.3, 0.4) is 0 Å². The maximum atomic E-state index is 10.3. The summed E-state index contributed by atoms with van der Waals surface area (Å²) in [4.78, 5) is 9.79. The number of hydrogen-bond acceptors (Lipinski definition) is 3. The van der Waals surface area contributed by atoms with Crippen LogP contribution in [0.5, 0.6) is 0 Å². The van der Waals surface area contributed by atoms with Gasteiger partial charge in [0, 0.05) is 16.6 Å². The van der Waals surface area contributed by atoms with E-state index < -0.39 is 4.92 Å². The van der Waals surface area contributed by atoms with Crippen LogP contribution in [0.4, 0.5) is 5.69 Å². The second kappa shape index (κ2) is 6.50. The van der Waals surface area contributed by atoms with E-state index in [9.17, 15) is 10.1 Å². The number of aliphatic hydroxyl groups excluding tert-OH is 1. The van der Waals surface area contributed by atoms with Gasteiger partial charge in [-0.25, -0.2) is 0 Å². The third-order valence-corrected chi connectivity index (χ3v) is 2.18. The Bertz CT molecular complexity index is 315. The van der Waals surface area contributed by atoms with Gasteiger partial charge in [0.15, 0.2) is 0 Å². The van der Waals surface area contributed by atoms with Crippen LogP contribution in [-0.2, 0) is 6.61 Å². The molecule has 0 amide bonds. The molecule has 0 aliphatic heterocycles. The largest absolute Gasteiger partial charge is 0.392 e. The fourth-order valence-electron chi connectivity index (χ4n) is 0.796. The number of nitrogens with zero attached hydrogens (tertiary/aromatic N) is 1. The van der Waals surface area contributed by atoms with Crippen LogP contribution < -0.4 is 0 Å². The SMILES string of the molecule is CC.O=[N+]([O-])c1ccc(Br)c(CO)c1. The number of rotatable bonds is 2. The predicted octanol–water partition coefficient (Wildman–Crippen LogP) is 2.88. The van der Waals surface area contributed by atoms with Gasteiger partial charge in [0.2, 0.25) is 0 Å². The number of aliphatic hydroxyl groups is 1. The Balaban J connectivity index is 0.000000791. The summed E-state index contributed by atoms with van der Waals surface area (Å²) in [5.74, 6) is 0. The van der Waals surface area contributed by atoms with Gasteiger partial charge in [-0.15, -0.1) is 0 Å². The molecule has 0 aliphatic carbocycles. The summed E-state index contributed by atoms with van der Waals surface area (Å²) >= 11 is 3.16. The molecule has 0 aliphatic rings. The molecule has 0 saturated carbocycles. The predicted molar refractivity (Wildman–Crippen MR) is 58.1 cm³/mol. The van der Waals surface area contributed by atoms with E-state index in [1.54, 1.807) is 6.07 Å². The summed E-state index contributed by atoms with van der Waals surface area (Å²) in [6.45, 7) is 3.79. The first-order valence-corrected chi connectivity index (χ1v) is 4.98. The molecule has 0 aromatic heterocycles. The highest BCUT2D eigenvalue weighted by Gasteiger charge is 2.07. The second-order valence-electron chi connectivity index (χ2n) is 2.19. The molecule has 0 atom stereocenters. The van der Waals surface area contributed by atoms with E-state index in [4.69, 9.17) is 5.11 Å². The molecule has 1 rings (SSSR count). The van der Waals surface area contributed by atoms with Crippen molar-refractivity contribution in [2.45, 2.75) is 20.5 Å². The van der Waals surface area contributed by atoms with Crippen molar-refractivity contribution in [3.05, 3.63) is 38.3 Å². The summed E-state index contributed by atoms with van der Waals surface area (Å²) in [6, 6.07) is 4.26. The molecule has 0 spiro atoms. The first-order chi connectivity index (χ1) is 6.65. The van der Waals surface area contributed by atoms with Gasteiger partial charge in [0.25, 0.3) is 5.69 Å². The van der Waals surface area contributed by atoms with Gasteiger partial charge in [-0.1, -0.05) is 29.8 Å². The first kappa shape index (κ1) is 13.1. The minimum Gasteiger partial charge on any atom is -0.392 e. The fourth-order valence-corrected chi connectivity index (χ4v) is 1.17. The average molecular weight is 262 g/mol. The van der Waals surface area contributed by atoms with Crippen molar-refractivity contribution in [3.63, 3.8) is 0 Å². The minimum atomic E-state index is -0.494. The summed E-state index contributed by atoms with van der Waals surface area (Å²) in [6.07, 6.45) is 0. The van der Waals surface area contributed by atoms with Gasteiger partial charge in [0.05, 0.1) is 11.5 Å². The summed E-state index contributed by atoms with van der Waals surface area (Å²) in [7, 11) is 0. The third-order valence-electron chi connectivity index (χ3n) is 1.41. The van der Waals surface area contributed by atoms with E-state index in [0.717, 1.165) is 0 Å². The summed E-state index contributed by atoms with van der Waals surface area (Å²) in [5, 5.41) is 19.1. The van der Waals surface area contributed by atoms with E-state index in [1.807, 2.05) is 13.8 Å². The van der Waals surface area contributed by atoms with Gasteiger partial charge in [-0.05, 0) is 11.6 Å². The topological polar surface area (TPSA) is 63.4 Å². The molecule has 0 saturated heterocycles. The molecule has 1 aromatic carbocycles. The van der Waals surface area contributed by atoms with Crippen molar-refractivity contribution >= 4 is 21.6 Å². The van der Waals surface area contributed by atoms with Crippen LogP contribution in [0, 0.1) is 10.1 Å². The molecule has 4 nitrogen and oxygen atoms in total. The zero-order chi connectivity index (χ0) is 11.1. The first-order valence-electron chi connectivity index (χ1n) is 4.19. The number of benzene rings is 1. The highest BCUT2D eigenvalue weighted by Crippen LogP contribution is 2.22. The molecule has 0 fully saturated rings. The summed E-state index contributed by atoms with van der Waals surface area (Å²) in [5.41, 5.74) is 0.506. The highest BCUT2D eigenvalue weighted by atomic mass is 79.9. The van der Waals surface area contributed by atoms with Crippen LogP contribution in [0.15, 0.2) is 22.7 Å². The minimum absolute atomic E-state index is 0.0118. The lowest BCUT2D eigenvalue weighted by Gasteiger charge is -1.98. The van der Waals surface area contributed by atoms with Gasteiger partial charge >= 0.3 is 0 Å². The van der Waals surface area contributed by atoms with E-state index in [2.05, 4.69) is 15.9 Å². The maximum Gasteiger partial charge on any atom is 0.269 e. The maximum absolute atomic E-state index is 10.3. The highest BCUT2D eigenvalue weighted by molar-refractivity contribution is 9.10. The van der Waals surface area contributed by atoms with Crippen LogP contribution in [0.2, 0.25) is 0 Å². The molecular weight excluding hydrogens is 250 g/mol. The Morgan fingerprint density at radius 1 is 1.50 bits per heavy atom. The Hall–Kier alpha value is -0.940. The lowest BCUT2D eigenvalue weighted by Crippen LogP contribution is -1.91. The number of non-ortho nitro benzene ring substituents is 1. The molecule has 0 bridgehead atoms. The number of halogens is 1. The molecule has 78 valence electrons. The lowest BCUT2D eigenvalue weighted by molar-refractivity contribution is -0.385. The zero-order valence-corrected chi connectivity index (χ0v) is 9.61. The van der Waals surface area contributed by atoms with Crippen molar-refractivity contribution in [3.8, 4) is 0 Å². The number of nitro benzene ring substituents is 1. The van der Waals surface area contributed by atoms with Crippen molar-refractivity contribution < 1.29 is 10.0 Å². The standard InChI is InChI=1S/C7H6BrNO3.C2H6/c8-7-2-1-6(9(11)12)3-5(7)4-10;1-2/h1-3,10H,4H2;1-2H3. The Labute approximate surface area is 90.8 Å². The monoisotopic (exact) mass is 261 g/mol. The number of nitro groups is 1. The Morgan fingerprint density at radius 2 is 2.07 bits per heavy atom. The van der Waals surface area contributed by atoms with Gasteiger partial charge in [-0.2, -0.15) is 0 Å². The van der Waals surface area contributed by atoms with Crippen LogP contribution in [0.1, 0.15) is 19.4 Å². The van der Waals surface area contributed by atoms with Crippen LogP contribution >= 0.6 is 15.9 Å². The molecule has 0 unspecified atom stereocenters. The van der Waals surface area contributed by atoms with Gasteiger partial charge in [0.1, 0.15) is 0 Å². The summed E-state index contributed by atoms with van der Waals surface area (Å²) < 4.78 is 0.676. The van der Waals surface area contributed by atoms with E-state index >= 15 is 0 Å². The van der Waals surface area contributed by atoms with Crippen molar-refractivity contribution in [1.82, 2.24) is 0 Å².